The number of piperidine rings is 1. The molecule has 1 saturated heterocycles. The Balaban J connectivity index is 0.00000169. The van der Waals surface area contributed by atoms with Gasteiger partial charge in [0.25, 0.3) is 0 Å². The number of hydrogen-bond donors (Lipinski definition) is 2. The summed E-state index contributed by atoms with van der Waals surface area (Å²) in [7, 11) is 3.90. The smallest absolute Gasteiger partial charge is 0.248 e. The van der Waals surface area contributed by atoms with Gasteiger partial charge in [0.05, 0.1) is 0 Å². The van der Waals surface area contributed by atoms with Gasteiger partial charge in [0, 0.05) is 44.8 Å². The lowest BCUT2D eigenvalue weighted by Crippen LogP contribution is -2.54. The molecule has 0 aliphatic carbocycles. The number of halogens is 2. The summed E-state index contributed by atoms with van der Waals surface area (Å²) in [4.78, 5) is 19.4. The van der Waals surface area contributed by atoms with Crippen molar-refractivity contribution >= 4 is 36.5 Å². The molecule has 2 N–H and O–H groups in total. The van der Waals surface area contributed by atoms with Crippen molar-refractivity contribution in [2.75, 3.05) is 32.1 Å². The molecule has 0 spiro atoms. The summed E-state index contributed by atoms with van der Waals surface area (Å²) >= 11 is 0. The molecule has 2 aromatic heterocycles. The van der Waals surface area contributed by atoms with Gasteiger partial charge in [-0.1, -0.05) is 6.07 Å². The highest BCUT2D eigenvalue weighted by molar-refractivity contribution is 5.86. The molecule has 3 rings (SSSR count). The van der Waals surface area contributed by atoms with Gasteiger partial charge in [-0.15, -0.1) is 24.8 Å². The van der Waals surface area contributed by atoms with Crippen LogP contribution in [0.3, 0.4) is 0 Å². The summed E-state index contributed by atoms with van der Waals surface area (Å²) in [6.45, 7) is 2.07. The Hall–Kier alpha value is -1.83. The molecular weight excluding hydrogens is 375 g/mol. The Labute approximate surface area is 166 Å². The van der Waals surface area contributed by atoms with Gasteiger partial charge in [-0.25, -0.2) is 4.98 Å². The van der Waals surface area contributed by atoms with Gasteiger partial charge >= 0.3 is 0 Å². The highest BCUT2D eigenvalue weighted by atomic mass is 35.5. The zero-order chi connectivity index (χ0) is 17.0. The van der Waals surface area contributed by atoms with E-state index in [9.17, 15) is 4.79 Å². The predicted molar refractivity (Wildman–Crippen MR) is 107 cm³/mol. The van der Waals surface area contributed by atoms with Crippen molar-refractivity contribution in [1.82, 2.24) is 25.4 Å². The molecule has 1 aliphatic rings. The molecule has 0 saturated carbocycles. The van der Waals surface area contributed by atoms with Crippen LogP contribution in [0.5, 0.6) is 0 Å². The number of rotatable bonds is 5. The summed E-state index contributed by atoms with van der Waals surface area (Å²) in [5.74, 6) is 0.887. The van der Waals surface area contributed by atoms with Crippen LogP contribution in [0.25, 0.3) is 0 Å². The number of nitrogens with zero attached hydrogens (tertiary/aromatic N) is 4. The van der Waals surface area contributed by atoms with E-state index in [1.165, 1.54) is 0 Å². The third-order valence-corrected chi connectivity index (χ3v) is 4.53. The van der Waals surface area contributed by atoms with E-state index in [2.05, 4.69) is 20.7 Å². The minimum atomic E-state index is -0.616. The zero-order valence-electron chi connectivity index (χ0n) is 15.0. The number of hydrogen-bond acceptors (Lipinski definition) is 5. The molecule has 26 heavy (non-hydrogen) atoms. The van der Waals surface area contributed by atoms with Crippen molar-refractivity contribution in [3.63, 3.8) is 0 Å². The molecule has 1 aliphatic heterocycles. The molecule has 1 fully saturated rings. The summed E-state index contributed by atoms with van der Waals surface area (Å²) in [6.07, 6.45) is 6.82. The lowest BCUT2D eigenvalue weighted by atomic mass is 9.87. The Morgan fingerprint density at radius 2 is 2.00 bits per heavy atom. The van der Waals surface area contributed by atoms with Crippen molar-refractivity contribution in [2.45, 2.75) is 24.9 Å². The van der Waals surface area contributed by atoms with Gasteiger partial charge in [-0.05, 0) is 38.1 Å². The third kappa shape index (κ3) is 4.47. The van der Waals surface area contributed by atoms with E-state index in [0.29, 0.717) is 6.54 Å². The van der Waals surface area contributed by atoms with Crippen LogP contribution in [0.4, 0.5) is 5.82 Å². The van der Waals surface area contributed by atoms with E-state index in [0.717, 1.165) is 37.3 Å². The van der Waals surface area contributed by atoms with E-state index in [4.69, 9.17) is 0 Å². The second-order valence-electron chi connectivity index (χ2n) is 6.30. The van der Waals surface area contributed by atoms with E-state index in [1.54, 1.807) is 17.1 Å². The molecule has 0 bridgehead atoms. The number of carbonyl (C=O) groups excluding carboxylic acids is 1. The van der Waals surface area contributed by atoms with Crippen molar-refractivity contribution < 1.29 is 4.79 Å². The van der Waals surface area contributed by atoms with Crippen LogP contribution in [0, 0.1) is 0 Å². The molecule has 1 amide bonds. The maximum absolute atomic E-state index is 13.0. The van der Waals surface area contributed by atoms with Gasteiger partial charge in [-0.2, -0.15) is 5.10 Å². The summed E-state index contributed by atoms with van der Waals surface area (Å²) in [5.41, 5.74) is 0.385. The lowest BCUT2D eigenvalue weighted by molar-refractivity contribution is -0.132. The van der Waals surface area contributed by atoms with Crippen LogP contribution in [0.2, 0.25) is 0 Å². The fourth-order valence-electron chi connectivity index (χ4n) is 3.23. The maximum atomic E-state index is 13.0. The first kappa shape index (κ1) is 22.2. The van der Waals surface area contributed by atoms with Crippen LogP contribution in [0.15, 0.2) is 36.8 Å². The quantitative estimate of drug-likeness (QED) is 0.796. The number of nitrogens with one attached hydrogen (secondary N) is 2. The fraction of sp³-hybridized carbons (Fsp3) is 0.471. The zero-order valence-corrected chi connectivity index (χ0v) is 16.6. The summed E-state index contributed by atoms with van der Waals surface area (Å²) in [6, 6.07) is 5.75. The molecule has 9 heteroatoms. The molecule has 0 radical (unpaired) electrons. The van der Waals surface area contributed by atoms with Crippen molar-refractivity contribution in [2.24, 2.45) is 0 Å². The highest BCUT2D eigenvalue weighted by Crippen LogP contribution is 2.27. The van der Waals surface area contributed by atoms with Gasteiger partial charge in [-0.3, -0.25) is 9.48 Å². The first-order valence-corrected chi connectivity index (χ1v) is 8.24. The van der Waals surface area contributed by atoms with Crippen LogP contribution in [-0.4, -0.2) is 47.9 Å². The Morgan fingerprint density at radius 3 is 2.62 bits per heavy atom. The molecular formula is C17H26Cl2N6O. The van der Waals surface area contributed by atoms with Crippen LogP contribution in [-0.2, 0) is 16.9 Å². The van der Waals surface area contributed by atoms with Crippen molar-refractivity contribution in [3.05, 3.63) is 42.4 Å². The minimum absolute atomic E-state index is 0. The number of aromatic nitrogens is 3. The van der Waals surface area contributed by atoms with Gasteiger partial charge in [0.15, 0.2) is 0 Å². The Bertz CT molecular complexity index is 686. The first-order chi connectivity index (χ1) is 11.6. The number of carbonyl (C=O) groups is 1. The molecule has 144 valence electrons. The molecule has 7 nitrogen and oxygen atoms in total. The molecule has 3 heterocycles. The molecule has 0 atom stereocenters. The second kappa shape index (κ2) is 9.75. The molecule has 0 aromatic carbocycles. The van der Waals surface area contributed by atoms with Crippen LogP contribution < -0.4 is 15.5 Å². The predicted octanol–water partition coefficient (Wildman–Crippen LogP) is 1.58. The van der Waals surface area contributed by atoms with E-state index < -0.39 is 5.54 Å². The Kier molecular flexibility index (Phi) is 8.33. The van der Waals surface area contributed by atoms with Crippen LogP contribution >= 0.6 is 24.8 Å². The molecule has 2 aromatic rings. The maximum Gasteiger partial charge on any atom is 0.248 e. The van der Waals surface area contributed by atoms with Gasteiger partial charge in [0.1, 0.15) is 11.4 Å². The largest absolute Gasteiger partial charge is 0.362 e. The van der Waals surface area contributed by atoms with E-state index >= 15 is 0 Å². The average molecular weight is 401 g/mol. The second-order valence-corrected chi connectivity index (χ2v) is 6.30. The van der Waals surface area contributed by atoms with Crippen molar-refractivity contribution in [1.29, 1.82) is 0 Å². The monoisotopic (exact) mass is 400 g/mol. The third-order valence-electron chi connectivity index (χ3n) is 4.53. The average Bonchev–Trinajstić information content (AvgIpc) is 3.15. The standard InChI is InChI=1S/C17H24N6O.2ClH/c1-22(2)15-14(5-3-8-19-15)13-20-16(24)17(6-10-18-11-7-17)23-12-4-9-21-23;;/h3-5,8-9,12,18H,6-7,10-11,13H2,1-2H3,(H,20,24);2*1H. The fourth-order valence-corrected chi connectivity index (χ4v) is 3.23. The van der Waals surface area contributed by atoms with E-state index in [1.807, 2.05) is 43.4 Å². The first-order valence-electron chi connectivity index (χ1n) is 8.24. The minimum Gasteiger partial charge on any atom is -0.362 e. The Morgan fingerprint density at radius 1 is 1.27 bits per heavy atom. The van der Waals surface area contributed by atoms with Crippen molar-refractivity contribution in [3.8, 4) is 0 Å². The normalized spacial score (nSPS) is 15.3. The van der Waals surface area contributed by atoms with Gasteiger partial charge < -0.3 is 15.5 Å². The number of anilines is 1. The lowest BCUT2D eigenvalue weighted by Gasteiger charge is -2.36. The SMILES string of the molecule is CN(C)c1ncccc1CNC(=O)C1(n2cccn2)CCNCC1.Cl.Cl. The number of pyridine rings is 1. The number of amides is 1. The summed E-state index contributed by atoms with van der Waals surface area (Å²) < 4.78 is 1.80. The summed E-state index contributed by atoms with van der Waals surface area (Å²) in [5, 5.41) is 10.8. The topological polar surface area (TPSA) is 75.1 Å². The highest BCUT2D eigenvalue weighted by Gasteiger charge is 2.41. The molecule has 0 unspecified atom stereocenters. The van der Waals surface area contributed by atoms with Gasteiger partial charge in [0.2, 0.25) is 5.91 Å². The van der Waals surface area contributed by atoms with E-state index in [-0.39, 0.29) is 30.7 Å². The van der Waals surface area contributed by atoms with Crippen LogP contribution in [0.1, 0.15) is 18.4 Å².